The number of amides is 4. The number of anilines is 2. The van der Waals surface area contributed by atoms with E-state index in [0.717, 1.165) is 36.8 Å². The van der Waals surface area contributed by atoms with Gasteiger partial charge in [-0.25, -0.2) is 4.39 Å². The van der Waals surface area contributed by atoms with Crippen molar-refractivity contribution in [1.29, 1.82) is 0 Å². The van der Waals surface area contributed by atoms with Crippen molar-refractivity contribution in [2.45, 2.75) is 63.5 Å². The number of carbonyl (C=O) groups excluding carboxylic acids is 4. The number of hydrogen-bond acceptors (Lipinski definition) is 4. The van der Waals surface area contributed by atoms with Crippen LogP contribution in [-0.2, 0) is 32.0 Å². The van der Waals surface area contributed by atoms with Crippen LogP contribution in [0.5, 0.6) is 0 Å². The summed E-state index contributed by atoms with van der Waals surface area (Å²) in [5.41, 5.74) is 3.53. The molecule has 0 unspecified atom stereocenters. The van der Waals surface area contributed by atoms with Crippen LogP contribution in [0, 0.1) is 11.2 Å². The maximum Gasteiger partial charge on any atom is 0.247 e. The van der Waals surface area contributed by atoms with Gasteiger partial charge in [0.25, 0.3) is 0 Å². The molecule has 222 valence electrons. The zero-order chi connectivity index (χ0) is 30.0. The van der Waals surface area contributed by atoms with Crippen LogP contribution >= 0.6 is 0 Å². The second-order valence-electron chi connectivity index (χ2n) is 12.0. The van der Waals surface area contributed by atoms with E-state index in [1.165, 1.54) is 12.1 Å². The van der Waals surface area contributed by atoms with Crippen LogP contribution in [-0.4, -0.2) is 41.1 Å². The molecule has 2 heterocycles. The maximum atomic E-state index is 14.2. The largest absolute Gasteiger partial charge is 0.348 e. The van der Waals surface area contributed by atoms with Crippen molar-refractivity contribution in [3.05, 3.63) is 95.3 Å². The normalized spacial score (nSPS) is 19.1. The highest BCUT2D eigenvalue weighted by molar-refractivity contribution is 5.99. The van der Waals surface area contributed by atoms with Crippen molar-refractivity contribution >= 4 is 35.0 Å². The summed E-state index contributed by atoms with van der Waals surface area (Å²) in [6.45, 7) is 0.470. The average Bonchev–Trinajstić information content (AvgIpc) is 3.67. The summed E-state index contributed by atoms with van der Waals surface area (Å²) in [4.78, 5) is 54.2. The molecule has 4 amide bonds. The fraction of sp³-hybridized carbons (Fsp3) is 0.353. The Morgan fingerprint density at radius 1 is 1.00 bits per heavy atom. The van der Waals surface area contributed by atoms with E-state index in [1.807, 2.05) is 42.5 Å². The lowest BCUT2D eigenvalue weighted by molar-refractivity contribution is -0.137. The van der Waals surface area contributed by atoms with Gasteiger partial charge in [0.15, 0.2) is 0 Å². The molecule has 9 heteroatoms. The van der Waals surface area contributed by atoms with Gasteiger partial charge in [0.2, 0.25) is 23.6 Å². The topological polar surface area (TPSA) is 108 Å². The molecule has 3 aromatic carbocycles. The molecular weight excluding hydrogens is 547 g/mol. The summed E-state index contributed by atoms with van der Waals surface area (Å²) in [5.74, 6) is -1.34. The lowest BCUT2D eigenvalue weighted by atomic mass is 10.0. The van der Waals surface area contributed by atoms with Gasteiger partial charge in [-0.1, -0.05) is 48.5 Å². The van der Waals surface area contributed by atoms with Crippen LogP contribution in [0.4, 0.5) is 15.8 Å². The number of carbonyl (C=O) groups is 4. The van der Waals surface area contributed by atoms with Crippen molar-refractivity contribution in [3.8, 4) is 0 Å². The highest BCUT2D eigenvalue weighted by Gasteiger charge is 2.55. The minimum atomic E-state index is -0.757. The predicted octanol–water partition coefficient (Wildman–Crippen LogP) is 4.91. The van der Waals surface area contributed by atoms with Gasteiger partial charge in [-0.3, -0.25) is 19.2 Å². The van der Waals surface area contributed by atoms with Gasteiger partial charge in [-0.15, -0.1) is 0 Å². The van der Waals surface area contributed by atoms with E-state index >= 15 is 0 Å². The molecule has 1 saturated carbocycles. The molecule has 1 saturated heterocycles. The van der Waals surface area contributed by atoms with Crippen LogP contribution in [0.1, 0.15) is 61.3 Å². The molecule has 43 heavy (non-hydrogen) atoms. The van der Waals surface area contributed by atoms with Gasteiger partial charge < -0.3 is 20.9 Å². The summed E-state index contributed by atoms with van der Waals surface area (Å²) in [6.07, 6.45) is 4.51. The minimum absolute atomic E-state index is 0.0471. The molecule has 2 aliphatic heterocycles. The first kappa shape index (κ1) is 28.6. The van der Waals surface area contributed by atoms with E-state index in [2.05, 4.69) is 16.0 Å². The number of benzene rings is 3. The van der Waals surface area contributed by atoms with E-state index in [4.69, 9.17) is 0 Å². The van der Waals surface area contributed by atoms with Gasteiger partial charge in [-0.05, 0) is 78.5 Å². The molecule has 0 radical (unpaired) electrons. The van der Waals surface area contributed by atoms with Gasteiger partial charge in [0, 0.05) is 24.3 Å². The van der Waals surface area contributed by atoms with Gasteiger partial charge in [0.05, 0.1) is 18.9 Å². The molecule has 2 atom stereocenters. The first-order valence-electron chi connectivity index (χ1n) is 14.9. The summed E-state index contributed by atoms with van der Waals surface area (Å²) >= 11 is 0. The van der Waals surface area contributed by atoms with E-state index < -0.39 is 17.9 Å². The molecular formula is C34H35FN4O4. The maximum absolute atomic E-state index is 14.2. The summed E-state index contributed by atoms with van der Waals surface area (Å²) in [6, 6.07) is 19.2. The molecule has 3 N–H and O–H groups in total. The molecule has 3 aliphatic rings. The molecule has 0 aromatic heterocycles. The molecule has 2 fully saturated rings. The zero-order valence-electron chi connectivity index (χ0n) is 23.9. The van der Waals surface area contributed by atoms with Crippen LogP contribution in [0.15, 0.2) is 72.8 Å². The predicted molar refractivity (Wildman–Crippen MR) is 160 cm³/mol. The summed E-state index contributed by atoms with van der Waals surface area (Å²) < 4.78 is 14.2. The Morgan fingerprint density at radius 3 is 2.58 bits per heavy atom. The number of rotatable bonds is 8. The fourth-order valence-corrected chi connectivity index (χ4v) is 6.25. The lowest BCUT2D eigenvalue weighted by Gasteiger charge is -2.27. The van der Waals surface area contributed by atoms with Crippen LogP contribution in [0.2, 0.25) is 0 Å². The summed E-state index contributed by atoms with van der Waals surface area (Å²) in [5, 5.41) is 8.81. The first-order valence-corrected chi connectivity index (χ1v) is 14.9. The lowest BCUT2D eigenvalue weighted by Crippen LogP contribution is -2.44. The molecule has 8 nitrogen and oxygen atoms in total. The number of nitrogens with zero attached hydrogens (tertiary/aromatic N) is 1. The number of fused-ring (bicyclic) bond motifs is 1. The Balaban J connectivity index is 1.18. The van der Waals surface area contributed by atoms with Crippen molar-refractivity contribution in [1.82, 2.24) is 10.2 Å². The van der Waals surface area contributed by atoms with E-state index in [0.29, 0.717) is 36.3 Å². The Morgan fingerprint density at radius 2 is 1.81 bits per heavy atom. The number of hydrogen-bond donors (Lipinski definition) is 3. The Kier molecular flexibility index (Phi) is 7.97. The Hall–Kier alpha value is -4.53. The van der Waals surface area contributed by atoms with Crippen LogP contribution < -0.4 is 16.0 Å². The molecule has 6 rings (SSSR count). The van der Waals surface area contributed by atoms with Gasteiger partial charge >= 0.3 is 0 Å². The van der Waals surface area contributed by atoms with Gasteiger partial charge in [-0.2, -0.15) is 0 Å². The molecule has 1 aliphatic carbocycles. The van der Waals surface area contributed by atoms with Crippen molar-refractivity contribution < 1.29 is 23.6 Å². The monoisotopic (exact) mass is 582 g/mol. The third-order valence-electron chi connectivity index (χ3n) is 8.76. The van der Waals surface area contributed by atoms with Gasteiger partial charge in [0.1, 0.15) is 11.9 Å². The molecule has 3 aromatic rings. The summed E-state index contributed by atoms with van der Waals surface area (Å²) in [7, 11) is 0. The quantitative estimate of drug-likeness (QED) is 0.351. The highest BCUT2D eigenvalue weighted by atomic mass is 19.1. The smallest absolute Gasteiger partial charge is 0.247 e. The average molecular weight is 583 g/mol. The molecule has 1 spiro atoms. The first-order chi connectivity index (χ1) is 20.8. The van der Waals surface area contributed by atoms with E-state index in [-0.39, 0.29) is 41.9 Å². The highest BCUT2D eigenvalue weighted by Crippen LogP contribution is 2.55. The van der Waals surface area contributed by atoms with Crippen molar-refractivity contribution in [3.63, 3.8) is 0 Å². The fourth-order valence-electron chi connectivity index (χ4n) is 6.25. The standard InChI is InChI=1S/C34H35FN4O4/c35-25-10-4-9-24(17-25)28(38-31(41)16-22-6-2-1-3-7-22)19-32(42)39-21-34(14-15-34)20-29(39)33(43)36-26-13-12-23-8-5-11-30(40)37-27(23)18-26/h1-4,6-7,9-10,12-13,17-18,28-29H,5,8,11,14-16,19-21H2,(H,36,43)(H,37,40)(H,38,41)/t28-,29+/m0/s1. The van der Waals surface area contributed by atoms with Crippen LogP contribution in [0.3, 0.4) is 0 Å². The minimum Gasteiger partial charge on any atom is -0.348 e. The zero-order valence-corrected chi connectivity index (χ0v) is 23.9. The SMILES string of the molecule is O=C1CCCc2ccc(NC(=O)[C@H]3CC4(CC4)CN3C(=O)C[C@H](NC(=O)Cc3ccccc3)c3cccc(F)c3)cc2N1. The van der Waals surface area contributed by atoms with Crippen LogP contribution in [0.25, 0.3) is 0 Å². The van der Waals surface area contributed by atoms with E-state index in [1.54, 1.807) is 23.1 Å². The van der Waals surface area contributed by atoms with Crippen molar-refractivity contribution in [2.75, 3.05) is 17.2 Å². The molecule has 0 bridgehead atoms. The number of nitrogens with one attached hydrogen (secondary N) is 3. The number of aryl methyl sites for hydroxylation is 1. The second kappa shape index (κ2) is 12.0. The van der Waals surface area contributed by atoms with Crippen molar-refractivity contribution in [2.24, 2.45) is 5.41 Å². The Labute approximate surface area is 250 Å². The third-order valence-corrected chi connectivity index (χ3v) is 8.76. The Bertz CT molecular complexity index is 1550. The number of likely N-dealkylation sites (tertiary alicyclic amines) is 1. The van der Waals surface area contributed by atoms with E-state index in [9.17, 15) is 23.6 Å². The number of halogens is 1. The second-order valence-corrected chi connectivity index (χ2v) is 12.0. The third kappa shape index (κ3) is 6.77.